The minimum atomic E-state index is -0.820. The van der Waals surface area contributed by atoms with E-state index in [2.05, 4.69) is 9.88 Å². The average molecular weight is 213 g/mol. The first-order valence-corrected chi connectivity index (χ1v) is 5.02. The minimum absolute atomic E-state index is 0.436. The van der Waals surface area contributed by atoms with Crippen molar-refractivity contribution in [3.63, 3.8) is 0 Å². The molecule has 1 aromatic rings. The Kier molecular flexibility index (Phi) is 2.47. The number of likely N-dealkylation sites (tertiary alicyclic amines) is 1. The first kappa shape index (κ1) is 9.90. The fourth-order valence-electron chi connectivity index (χ4n) is 1.86. The molecule has 1 N–H and O–H groups in total. The molecule has 2 rings (SSSR count). The second-order valence-electron chi connectivity index (χ2n) is 3.86. The van der Waals surface area contributed by atoms with E-state index < -0.39 is 5.60 Å². The molecule has 1 aliphatic heterocycles. The van der Waals surface area contributed by atoms with Gasteiger partial charge in [0.2, 0.25) is 0 Å². The monoisotopic (exact) mass is 212 g/mol. The number of aromatic nitrogens is 1. The Morgan fingerprint density at radius 3 is 2.93 bits per heavy atom. The Morgan fingerprint density at radius 1 is 1.57 bits per heavy atom. The Bertz CT molecular complexity index is 345. The molecule has 1 atom stereocenters. The highest BCUT2D eigenvalue weighted by atomic mass is 35.5. The second kappa shape index (κ2) is 3.50. The molecule has 0 saturated carbocycles. The lowest BCUT2D eigenvalue weighted by Crippen LogP contribution is -2.30. The molecule has 0 amide bonds. The molecule has 1 aliphatic rings. The van der Waals surface area contributed by atoms with Gasteiger partial charge in [0.25, 0.3) is 0 Å². The van der Waals surface area contributed by atoms with Crippen molar-refractivity contribution in [2.45, 2.75) is 12.0 Å². The lowest BCUT2D eigenvalue weighted by Gasteiger charge is -2.21. The fraction of sp³-hybridized carbons (Fsp3) is 0.500. The third kappa shape index (κ3) is 1.75. The summed E-state index contributed by atoms with van der Waals surface area (Å²) < 4.78 is 0. The zero-order valence-electron chi connectivity index (χ0n) is 8.07. The van der Waals surface area contributed by atoms with E-state index >= 15 is 0 Å². The van der Waals surface area contributed by atoms with Crippen LogP contribution in [0.15, 0.2) is 18.2 Å². The molecule has 76 valence electrons. The first-order valence-electron chi connectivity index (χ1n) is 4.64. The topological polar surface area (TPSA) is 36.4 Å². The minimum Gasteiger partial charge on any atom is -0.382 e. The molecule has 14 heavy (non-hydrogen) atoms. The van der Waals surface area contributed by atoms with Crippen molar-refractivity contribution >= 4 is 11.6 Å². The summed E-state index contributed by atoms with van der Waals surface area (Å²) in [6.45, 7) is 1.52. The summed E-state index contributed by atoms with van der Waals surface area (Å²) >= 11 is 5.79. The van der Waals surface area contributed by atoms with Crippen LogP contribution in [0.1, 0.15) is 12.1 Å². The summed E-state index contributed by atoms with van der Waals surface area (Å²) in [5.74, 6) is 0. The largest absolute Gasteiger partial charge is 0.382 e. The number of hydrogen-bond acceptors (Lipinski definition) is 3. The zero-order valence-corrected chi connectivity index (χ0v) is 8.83. The van der Waals surface area contributed by atoms with Crippen molar-refractivity contribution in [3.05, 3.63) is 29.0 Å². The summed E-state index contributed by atoms with van der Waals surface area (Å²) in [5, 5.41) is 10.7. The number of aliphatic hydroxyl groups is 1. The maximum atomic E-state index is 10.3. The van der Waals surface area contributed by atoms with Gasteiger partial charge in [0.1, 0.15) is 10.8 Å². The standard InChI is InChI=1S/C10H13ClN2O/c1-13-6-5-10(14,7-13)8-3-2-4-9(11)12-8/h2-4,14H,5-7H2,1H3. The van der Waals surface area contributed by atoms with E-state index in [4.69, 9.17) is 11.6 Å². The smallest absolute Gasteiger partial charge is 0.129 e. The van der Waals surface area contributed by atoms with Crippen LogP contribution in [0.25, 0.3) is 0 Å². The summed E-state index contributed by atoms with van der Waals surface area (Å²) in [6, 6.07) is 5.36. The van der Waals surface area contributed by atoms with Crippen molar-refractivity contribution in [1.82, 2.24) is 9.88 Å². The van der Waals surface area contributed by atoms with Crippen LogP contribution in [0, 0.1) is 0 Å². The number of likely N-dealkylation sites (N-methyl/N-ethyl adjacent to an activating group) is 1. The van der Waals surface area contributed by atoms with Crippen LogP contribution in [0.5, 0.6) is 0 Å². The molecular weight excluding hydrogens is 200 g/mol. The van der Waals surface area contributed by atoms with Gasteiger partial charge in [-0.3, -0.25) is 0 Å². The van der Waals surface area contributed by atoms with Gasteiger partial charge in [-0.25, -0.2) is 4.98 Å². The van der Waals surface area contributed by atoms with E-state index in [1.54, 1.807) is 6.07 Å². The Hall–Kier alpha value is -0.640. The molecule has 0 spiro atoms. The first-order chi connectivity index (χ1) is 6.60. The average Bonchev–Trinajstić information content (AvgIpc) is 2.48. The molecule has 1 saturated heterocycles. The molecule has 0 aromatic carbocycles. The van der Waals surface area contributed by atoms with Gasteiger partial charge in [-0.15, -0.1) is 0 Å². The summed E-state index contributed by atoms with van der Waals surface area (Å²) in [5.41, 5.74) is -0.144. The number of halogens is 1. The van der Waals surface area contributed by atoms with Crippen LogP contribution >= 0.6 is 11.6 Å². The molecule has 0 radical (unpaired) electrons. The predicted molar refractivity (Wildman–Crippen MR) is 55.3 cm³/mol. The summed E-state index contributed by atoms with van der Waals surface area (Å²) in [6.07, 6.45) is 0.719. The second-order valence-corrected chi connectivity index (χ2v) is 4.25. The zero-order chi connectivity index (χ0) is 10.2. The molecule has 2 heterocycles. The van der Waals surface area contributed by atoms with Gasteiger partial charge in [0, 0.05) is 13.1 Å². The molecule has 1 fully saturated rings. The van der Waals surface area contributed by atoms with Crippen LogP contribution in [0.4, 0.5) is 0 Å². The van der Waals surface area contributed by atoms with E-state index in [9.17, 15) is 5.11 Å². The van der Waals surface area contributed by atoms with E-state index in [1.807, 2.05) is 19.2 Å². The van der Waals surface area contributed by atoms with E-state index in [-0.39, 0.29) is 0 Å². The van der Waals surface area contributed by atoms with Gasteiger partial charge in [-0.05, 0) is 25.6 Å². The molecule has 4 heteroatoms. The maximum Gasteiger partial charge on any atom is 0.129 e. The van der Waals surface area contributed by atoms with Gasteiger partial charge >= 0.3 is 0 Å². The third-order valence-electron chi connectivity index (χ3n) is 2.63. The van der Waals surface area contributed by atoms with Gasteiger partial charge < -0.3 is 10.0 Å². The molecule has 1 unspecified atom stereocenters. The number of pyridine rings is 1. The van der Waals surface area contributed by atoms with Crippen LogP contribution in [-0.4, -0.2) is 35.1 Å². The summed E-state index contributed by atoms with van der Waals surface area (Å²) in [7, 11) is 1.99. The van der Waals surface area contributed by atoms with Gasteiger partial charge in [-0.1, -0.05) is 17.7 Å². The van der Waals surface area contributed by atoms with Crippen molar-refractivity contribution in [2.75, 3.05) is 20.1 Å². The van der Waals surface area contributed by atoms with E-state index in [0.717, 1.165) is 13.0 Å². The predicted octanol–water partition coefficient (Wildman–Crippen LogP) is 1.26. The number of β-amino-alcohol motifs (C(OH)–C–C–N with tert-alkyl or cyclic N) is 1. The van der Waals surface area contributed by atoms with Gasteiger partial charge in [0.15, 0.2) is 0 Å². The molecular formula is C10H13ClN2O. The highest BCUT2D eigenvalue weighted by molar-refractivity contribution is 6.29. The third-order valence-corrected chi connectivity index (χ3v) is 2.84. The Labute approximate surface area is 88.3 Å². The highest BCUT2D eigenvalue weighted by Gasteiger charge is 2.37. The van der Waals surface area contributed by atoms with Crippen molar-refractivity contribution < 1.29 is 5.11 Å². The van der Waals surface area contributed by atoms with Crippen molar-refractivity contribution in [3.8, 4) is 0 Å². The number of hydrogen-bond donors (Lipinski definition) is 1. The van der Waals surface area contributed by atoms with E-state index in [1.165, 1.54) is 0 Å². The molecule has 1 aromatic heterocycles. The van der Waals surface area contributed by atoms with Crippen LogP contribution in [-0.2, 0) is 5.60 Å². The van der Waals surface area contributed by atoms with E-state index in [0.29, 0.717) is 17.4 Å². The fourth-order valence-corrected chi connectivity index (χ4v) is 2.02. The van der Waals surface area contributed by atoms with Crippen molar-refractivity contribution in [1.29, 1.82) is 0 Å². The van der Waals surface area contributed by atoms with Crippen LogP contribution in [0.2, 0.25) is 5.15 Å². The Balaban J connectivity index is 2.30. The normalized spacial score (nSPS) is 28.2. The summed E-state index contributed by atoms with van der Waals surface area (Å²) in [4.78, 5) is 6.24. The quantitative estimate of drug-likeness (QED) is 0.712. The highest BCUT2D eigenvalue weighted by Crippen LogP contribution is 2.30. The van der Waals surface area contributed by atoms with Crippen molar-refractivity contribution in [2.24, 2.45) is 0 Å². The maximum absolute atomic E-state index is 10.3. The van der Waals surface area contributed by atoms with Crippen LogP contribution in [0.3, 0.4) is 0 Å². The molecule has 0 bridgehead atoms. The lowest BCUT2D eigenvalue weighted by molar-refractivity contribution is 0.0445. The number of nitrogens with zero attached hydrogens (tertiary/aromatic N) is 2. The molecule has 3 nitrogen and oxygen atoms in total. The number of rotatable bonds is 1. The van der Waals surface area contributed by atoms with Gasteiger partial charge in [0.05, 0.1) is 5.69 Å². The van der Waals surface area contributed by atoms with Crippen LogP contribution < -0.4 is 0 Å². The van der Waals surface area contributed by atoms with Gasteiger partial charge in [-0.2, -0.15) is 0 Å². The molecule has 0 aliphatic carbocycles. The SMILES string of the molecule is CN1CCC(O)(c2cccc(Cl)n2)C1. The Morgan fingerprint density at radius 2 is 2.36 bits per heavy atom. The lowest BCUT2D eigenvalue weighted by atomic mass is 9.98.